The molecule has 2 aromatic carbocycles. The Bertz CT molecular complexity index is 755. The van der Waals surface area contributed by atoms with Crippen molar-refractivity contribution < 1.29 is 28.5 Å². The second-order valence-corrected chi connectivity index (χ2v) is 5.83. The zero-order valence-electron chi connectivity index (χ0n) is 15.9. The first-order valence-corrected chi connectivity index (χ1v) is 8.79. The molecule has 0 atom stereocenters. The molecule has 0 aliphatic heterocycles. The Morgan fingerprint density at radius 3 is 2.37 bits per heavy atom. The van der Waals surface area contributed by atoms with Gasteiger partial charge in [-0.15, -0.1) is 0 Å². The van der Waals surface area contributed by atoms with Gasteiger partial charge < -0.3 is 23.7 Å². The highest BCUT2D eigenvalue weighted by molar-refractivity contribution is 5.89. The minimum atomic E-state index is -0.404. The van der Waals surface area contributed by atoms with Crippen LogP contribution in [-0.4, -0.2) is 52.7 Å². The molecule has 0 aliphatic carbocycles. The maximum atomic E-state index is 11.2. The van der Waals surface area contributed by atoms with Crippen LogP contribution >= 0.6 is 0 Å². The van der Waals surface area contributed by atoms with Crippen LogP contribution in [0.2, 0.25) is 0 Å². The molecule has 0 amide bonds. The molecule has 146 valence electrons. The van der Waals surface area contributed by atoms with Gasteiger partial charge in [0.15, 0.2) is 0 Å². The summed E-state index contributed by atoms with van der Waals surface area (Å²) >= 11 is 0. The number of methoxy groups -OCH3 is 1. The molecule has 2 aromatic rings. The van der Waals surface area contributed by atoms with Gasteiger partial charge in [-0.25, -0.2) is 4.79 Å². The van der Waals surface area contributed by atoms with E-state index in [-0.39, 0.29) is 6.61 Å². The number of carbonyl (C=O) groups excluding carboxylic acids is 1. The second kappa shape index (κ2) is 11.2. The van der Waals surface area contributed by atoms with E-state index >= 15 is 0 Å². The van der Waals surface area contributed by atoms with Crippen LogP contribution in [0.5, 0.6) is 11.5 Å². The number of hydrogen-bond donors (Lipinski definition) is 0. The van der Waals surface area contributed by atoms with Crippen LogP contribution in [0.3, 0.4) is 0 Å². The molecule has 0 radical (unpaired) electrons. The maximum Gasteiger partial charge on any atom is 0.333 e. The SMILES string of the molecule is C=C(C)C(=O)OCCOCCOCCOc1cccc2cc(OC)ccc12. The van der Waals surface area contributed by atoms with E-state index in [0.29, 0.717) is 38.6 Å². The molecule has 0 unspecified atom stereocenters. The largest absolute Gasteiger partial charge is 0.497 e. The van der Waals surface area contributed by atoms with Crippen LogP contribution in [0.4, 0.5) is 0 Å². The van der Waals surface area contributed by atoms with Crippen molar-refractivity contribution in [3.8, 4) is 11.5 Å². The van der Waals surface area contributed by atoms with Crippen molar-refractivity contribution >= 4 is 16.7 Å². The monoisotopic (exact) mass is 374 g/mol. The van der Waals surface area contributed by atoms with Crippen molar-refractivity contribution in [3.63, 3.8) is 0 Å². The quantitative estimate of drug-likeness (QED) is 0.322. The summed E-state index contributed by atoms with van der Waals surface area (Å²) in [7, 11) is 1.65. The summed E-state index contributed by atoms with van der Waals surface area (Å²) in [6.45, 7) is 7.43. The van der Waals surface area contributed by atoms with Gasteiger partial charge in [0.05, 0.1) is 33.5 Å². The molecular weight excluding hydrogens is 348 g/mol. The van der Waals surface area contributed by atoms with E-state index in [9.17, 15) is 4.79 Å². The fraction of sp³-hybridized carbons (Fsp3) is 0.381. The van der Waals surface area contributed by atoms with Crippen LogP contribution in [-0.2, 0) is 19.0 Å². The summed E-state index contributed by atoms with van der Waals surface area (Å²) in [5, 5.41) is 2.10. The fourth-order valence-corrected chi connectivity index (χ4v) is 2.33. The van der Waals surface area contributed by atoms with Crippen LogP contribution < -0.4 is 9.47 Å². The van der Waals surface area contributed by atoms with Gasteiger partial charge in [0.2, 0.25) is 0 Å². The lowest BCUT2D eigenvalue weighted by Crippen LogP contribution is -2.14. The molecule has 0 spiro atoms. The Morgan fingerprint density at radius 2 is 1.67 bits per heavy atom. The molecular formula is C21H26O6. The summed E-state index contributed by atoms with van der Waals surface area (Å²) in [6, 6.07) is 11.8. The highest BCUT2D eigenvalue weighted by Gasteiger charge is 2.04. The van der Waals surface area contributed by atoms with Crippen molar-refractivity contribution in [2.24, 2.45) is 0 Å². The average Bonchev–Trinajstić information content (AvgIpc) is 2.68. The van der Waals surface area contributed by atoms with Gasteiger partial charge in [0.1, 0.15) is 24.7 Å². The summed E-state index contributed by atoms with van der Waals surface area (Å²) in [6.07, 6.45) is 0. The number of fused-ring (bicyclic) bond motifs is 1. The van der Waals surface area contributed by atoms with Crippen LogP contribution in [0.15, 0.2) is 48.6 Å². The van der Waals surface area contributed by atoms with Gasteiger partial charge in [-0.1, -0.05) is 18.7 Å². The molecule has 27 heavy (non-hydrogen) atoms. The zero-order valence-corrected chi connectivity index (χ0v) is 15.9. The Hall–Kier alpha value is -2.57. The molecule has 0 N–H and O–H groups in total. The number of ether oxygens (including phenoxy) is 5. The number of hydrogen-bond acceptors (Lipinski definition) is 6. The number of carbonyl (C=O) groups is 1. The van der Waals surface area contributed by atoms with E-state index in [2.05, 4.69) is 6.58 Å². The van der Waals surface area contributed by atoms with Gasteiger partial charge in [0.25, 0.3) is 0 Å². The van der Waals surface area contributed by atoms with Crippen molar-refractivity contribution in [1.29, 1.82) is 0 Å². The third-order valence-corrected chi connectivity index (χ3v) is 3.71. The van der Waals surface area contributed by atoms with E-state index in [4.69, 9.17) is 23.7 Å². The molecule has 0 saturated heterocycles. The van der Waals surface area contributed by atoms with Gasteiger partial charge in [-0.3, -0.25) is 0 Å². The Morgan fingerprint density at radius 1 is 0.963 bits per heavy atom. The molecule has 6 nitrogen and oxygen atoms in total. The highest BCUT2D eigenvalue weighted by Crippen LogP contribution is 2.28. The van der Waals surface area contributed by atoms with Gasteiger partial charge >= 0.3 is 5.97 Å². The van der Waals surface area contributed by atoms with E-state index in [1.165, 1.54) is 0 Å². The summed E-state index contributed by atoms with van der Waals surface area (Å²) in [4.78, 5) is 11.2. The van der Waals surface area contributed by atoms with Crippen LogP contribution in [0, 0.1) is 0 Å². The predicted octanol–water partition coefficient (Wildman–Crippen LogP) is 3.38. The van der Waals surface area contributed by atoms with E-state index < -0.39 is 5.97 Å². The lowest BCUT2D eigenvalue weighted by Gasteiger charge is -2.11. The summed E-state index contributed by atoms with van der Waals surface area (Å²) in [5.74, 6) is 1.23. The Kier molecular flexibility index (Phi) is 8.61. The number of rotatable bonds is 12. The minimum Gasteiger partial charge on any atom is -0.497 e. The van der Waals surface area contributed by atoms with E-state index in [0.717, 1.165) is 22.3 Å². The third kappa shape index (κ3) is 6.92. The third-order valence-electron chi connectivity index (χ3n) is 3.71. The standard InChI is InChI=1S/C21H26O6/c1-16(2)21(22)27-14-12-25-10-9-24-11-13-26-20-6-4-5-17-15-18(23-3)7-8-19(17)20/h4-8,15H,1,9-14H2,2-3H3. The number of benzene rings is 2. The predicted molar refractivity (Wildman–Crippen MR) is 103 cm³/mol. The van der Waals surface area contributed by atoms with E-state index in [1.54, 1.807) is 14.0 Å². The van der Waals surface area contributed by atoms with Crippen molar-refractivity contribution in [2.75, 3.05) is 46.8 Å². The van der Waals surface area contributed by atoms with Gasteiger partial charge in [-0.2, -0.15) is 0 Å². The lowest BCUT2D eigenvalue weighted by molar-refractivity contribution is -0.140. The average molecular weight is 374 g/mol. The molecule has 0 saturated carbocycles. The zero-order chi connectivity index (χ0) is 19.5. The van der Waals surface area contributed by atoms with Crippen LogP contribution in [0.1, 0.15) is 6.92 Å². The minimum absolute atomic E-state index is 0.209. The first-order valence-electron chi connectivity index (χ1n) is 8.79. The number of esters is 1. The fourth-order valence-electron chi connectivity index (χ4n) is 2.33. The van der Waals surface area contributed by atoms with Crippen molar-refractivity contribution in [3.05, 3.63) is 48.6 Å². The molecule has 0 bridgehead atoms. The lowest BCUT2D eigenvalue weighted by atomic mass is 10.1. The summed E-state index contributed by atoms with van der Waals surface area (Å²) < 4.78 is 26.8. The molecule has 0 aromatic heterocycles. The normalized spacial score (nSPS) is 10.6. The maximum absolute atomic E-state index is 11.2. The van der Waals surface area contributed by atoms with Gasteiger partial charge in [-0.05, 0) is 36.6 Å². The van der Waals surface area contributed by atoms with Crippen molar-refractivity contribution in [1.82, 2.24) is 0 Å². The summed E-state index contributed by atoms with van der Waals surface area (Å²) in [5.41, 5.74) is 0.378. The molecule has 6 heteroatoms. The van der Waals surface area contributed by atoms with Crippen LogP contribution in [0.25, 0.3) is 10.8 Å². The molecule has 0 heterocycles. The first kappa shape index (κ1) is 20.7. The van der Waals surface area contributed by atoms with Gasteiger partial charge in [0, 0.05) is 11.0 Å². The van der Waals surface area contributed by atoms with E-state index in [1.807, 2.05) is 36.4 Å². The highest BCUT2D eigenvalue weighted by atomic mass is 16.6. The first-order chi connectivity index (χ1) is 13.1. The Balaban J connectivity index is 1.59. The molecule has 0 aliphatic rings. The molecule has 0 fully saturated rings. The topological polar surface area (TPSA) is 63.2 Å². The second-order valence-electron chi connectivity index (χ2n) is 5.83. The molecule has 2 rings (SSSR count). The van der Waals surface area contributed by atoms with Crippen molar-refractivity contribution in [2.45, 2.75) is 6.92 Å². The smallest absolute Gasteiger partial charge is 0.333 e. The Labute approximate surface area is 159 Å².